The number of hydrogen-bond donors (Lipinski definition) is 2. The number of urea groups is 1. The number of amides is 3. The lowest BCUT2D eigenvalue weighted by Crippen LogP contribution is -2.36. The number of sulfonamides is 1. The van der Waals surface area contributed by atoms with Crippen molar-refractivity contribution in [3.05, 3.63) is 68.7 Å². The summed E-state index contributed by atoms with van der Waals surface area (Å²) in [4.78, 5) is 49.0. The number of ether oxygens (including phenoxy) is 3. The maximum atomic E-state index is 14.3. The van der Waals surface area contributed by atoms with Gasteiger partial charge in [0, 0.05) is 32.9 Å². The van der Waals surface area contributed by atoms with E-state index in [0.29, 0.717) is 4.68 Å². The minimum absolute atomic E-state index is 0.0913. The van der Waals surface area contributed by atoms with Crippen LogP contribution in [0.5, 0.6) is 11.8 Å². The van der Waals surface area contributed by atoms with Crippen molar-refractivity contribution in [2.45, 2.75) is 31.2 Å². The molecule has 0 aliphatic rings. The van der Waals surface area contributed by atoms with Gasteiger partial charge in [-0.3, -0.25) is 14.8 Å². The molecule has 4 aromatic rings. The van der Waals surface area contributed by atoms with Crippen LogP contribution in [0.25, 0.3) is 11.3 Å². The number of alkyl halides is 3. The normalized spacial score (nSPS) is 11.3. The molecule has 0 atom stereocenters. The van der Waals surface area contributed by atoms with Crippen LogP contribution in [0, 0.1) is 5.82 Å². The zero-order chi connectivity index (χ0) is 40.0. The summed E-state index contributed by atoms with van der Waals surface area (Å²) in [6, 6.07) is 4.76. The number of benzene rings is 1. The Bertz CT molecular complexity index is 2110. The second-order valence-electron chi connectivity index (χ2n) is 10.8. The number of esters is 1. The van der Waals surface area contributed by atoms with Gasteiger partial charge in [0.25, 0.3) is 15.9 Å². The van der Waals surface area contributed by atoms with E-state index in [1.165, 1.54) is 57.6 Å². The fourth-order valence-corrected chi connectivity index (χ4v) is 6.16. The van der Waals surface area contributed by atoms with Crippen LogP contribution in [0.4, 0.5) is 28.3 Å². The highest BCUT2D eigenvalue weighted by atomic mass is 79.9. The van der Waals surface area contributed by atoms with Gasteiger partial charge >= 0.3 is 18.2 Å². The summed E-state index contributed by atoms with van der Waals surface area (Å²) in [5.74, 6) is -2.39. The molecule has 0 aliphatic heterocycles. The van der Waals surface area contributed by atoms with Crippen molar-refractivity contribution in [3.63, 3.8) is 0 Å². The van der Waals surface area contributed by atoms with Crippen LogP contribution in [-0.2, 0) is 28.0 Å². The first-order chi connectivity index (χ1) is 24.6. The smallest absolute Gasteiger partial charge is 0.434 e. The summed E-state index contributed by atoms with van der Waals surface area (Å²) in [6.07, 6.45) is -3.95. The Balaban J connectivity index is 0.000000287. The van der Waals surface area contributed by atoms with Gasteiger partial charge in [0.1, 0.15) is 11.5 Å². The highest BCUT2D eigenvalue weighted by molar-refractivity contribution is 9.10. The maximum absolute atomic E-state index is 14.3. The summed E-state index contributed by atoms with van der Waals surface area (Å²) in [7, 11) is 2.23. The molecular weight excluding hydrogens is 824 g/mol. The van der Waals surface area contributed by atoms with E-state index in [1.807, 2.05) is 0 Å². The summed E-state index contributed by atoms with van der Waals surface area (Å²) >= 11 is 8.67. The number of hydrogen-bond acceptors (Lipinski definition) is 12. The lowest BCUT2D eigenvalue weighted by atomic mass is 10.1. The number of carbonyl (C=O) groups is 3. The van der Waals surface area contributed by atoms with Crippen molar-refractivity contribution in [1.82, 2.24) is 34.4 Å². The topological polar surface area (TPSA) is 197 Å². The number of aromatic nitrogens is 5. The molecule has 23 heteroatoms. The van der Waals surface area contributed by atoms with Crippen LogP contribution in [-0.4, -0.2) is 90.4 Å². The highest BCUT2D eigenvalue weighted by Crippen LogP contribution is 2.41. The van der Waals surface area contributed by atoms with E-state index in [0.717, 1.165) is 19.2 Å². The van der Waals surface area contributed by atoms with Gasteiger partial charge < -0.3 is 19.1 Å². The largest absolute Gasteiger partial charge is 0.481 e. The fraction of sp³-hybridized carbons (Fsp3) is 0.300. The van der Waals surface area contributed by atoms with Crippen molar-refractivity contribution >= 4 is 61.4 Å². The van der Waals surface area contributed by atoms with Crippen molar-refractivity contribution in [3.8, 4) is 23.0 Å². The zero-order valence-electron chi connectivity index (χ0n) is 28.7. The van der Waals surface area contributed by atoms with Crippen LogP contribution in [0.15, 0.2) is 46.0 Å². The molecule has 3 aromatic heterocycles. The molecule has 0 fully saturated rings. The van der Waals surface area contributed by atoms with E-state index in [1.54, 1.807) is 18.6 Å². The Morgan fingerprint density at radius 1 is 1.04 bits per heavy atom. The molecule has 0 aliphatic carbocycles. The van der Waals surface area contributed by atoms with Crippen LogP contribution < -0.4 is 19.5 Å². The minimum Gasteiger partial charge on any atom is -0.481 e. The van der Waals surface area contributed by atoms with Gasteiger partial charge in [-0.2, -0.15) is 36.7 Å². The molecule has 0 saturated carbocycles. The van der Waals surface area contributed by atoms with E-state index in [-0.39, 0.29) is 45.1 Å². The average Bonchev–Trinajstić information content (AvgIpc) is 3.37. The summed E-state index contributed by atoms with van der Waals surface area (Å²) in [6.45, 7) is 3.22. The van der Waals surface area contributed by atoms with Gasteiger partial charge in [0.15, 0.2) is 10.7 Å². The number of nitrogens with one attached hydrogen (secondary N) is 2. The van der Waals surface area contributed by atoms with Crippen molar-refractivity contribution in [2.75, 3.05) is 33.6 Å². The van der Waals surface area contributed by atoms with Gasteiger partial charge in [-0.05, 0) is 54.0 Å². The SMILES string of the molecule is CC(C)OC(=O)c1cc(-c2nn(C)c(C(F)(F)F)c2Br)c(F)cc1Cl.COc1cc(OC)nc(NC(=O)NS(=O)(=O)c2ncccc2C(=O)N(C)C)n1. The van der Waals surface area contributed by atoms with E-state index in [2.05, 4.69) is 41.3 Å². The number of carbonyl (C=O) groups excluding carboxylic acids is 3. The van der Waals surface area contributed by atoms with Gasteiger partial charge in [0.05, 0.1) is 47.0 Å². The van der Waals surface area contributed by atoms with E-state index < -0.39 is 61.2 Å². The van der Waals surface area contributed by atoms with Crippen LogP contribution >= 0.6 is 27.5 Å². The summed E-state index contributed by atoms with van der Waals surface area (Å²) < 4.78 is 95.3. The minimum atomic E-state index is -4.69. The van der Waals surface area contributed by atoms with Crippen molar-refractivity contribution < 1.29 is 54.6 Å². The molecule has 3 heterocycles. The molecule has 16 nitrogen and oxygen atoms in total. The number of halogens is 6. The van der Waals surface area contributed by atoms with E-state index >= 15 is 0 Å². The molecule has 0 unspecified atom stereocenters. The predicted molar refractivity (Wildman–Crippen MR) is 184 cm³/mol. The van der Waals surface area contributed by atoms with Crippen LogP contribution in [0.2, 0.25) is 5.02 Å². The highest BCUT2D eigenvalue weighted by Gasteiger charge is 2.39. The van der Waals surface area contributed by atoms with Crippen LogP contribution in [0.1, 0.15) is 40.3 Å². The maximum Gasteiger partial charge on any atom is 0.434 e. The third kappa shape index (κ3) is 10.5. The van der Waals surface area contributed by atoms with Gasteiger partial charge in [-0.25, -0.2) is 23.7 Å². The number of nitrogens with zero attached hydrogens (tertiary/aromatic N) is 6. The molecule has 0 radical (unpaired) electrons. The molecule has 0 spiro atoms. The first kappa shape index (κ1) is 42.3. The number of pyridine rings is 1. The van der Waals surface area contributed by atoms with E-state index in [4.69, 9.17) is 25.8 Å². The van der Waals surface area contributed by atoms with Crippen molar-refractivity contribution in [2.24, 2.45) is 7.05 Å². The first-order valence-electron chi connectivity index (χ1n) is 14.6. The average molecular weight is 854 g/mol. The van der Waals surface area contributed by atoms with E-state index in [9.17, 15) is 40.4 Å². The Morgan fingerprint density at radius 3 is 2.15 bits per heavy atom. The standard InChI is InChI=1S/C15H12BrClF4N2O2.C15H18N6O6S/c1-6(2)25-14(24)7-4-8(10(18)5-9(7)17)12-11(16)13(15(19,20)21)23(3)22-12;1-21(2)13(22)9-6-5-7-16-12(9)28(24,25)20-15(23)19-14-17-10(26-3)8-11(18-14)27-4/h4-6H,1-3H3;5-8H,1-4H3,(H2,17,18,19,20,23). The van der Waals surface area contributed by atoms with Crippen LogP contribution in [0.3, 0.4) is 0 Å². The molecular formula is C30H30BrClF4N8O8S. The molecule has 4 rings (SSSR count). The first-order valence-corrected chi connectivity index (χ1v) is 17.2. The quantitative estimate of drug-likeness (QED) is 0.163. The molecule has 1 aromatic carbocycles. The molecule has 53 heavy (non-hydrogen) atoms. The van der Waals surface area contributed by atoms with Gasteiger partial charge in [0.2, 0.25) is 17.7 Å². The molecule has 0 saturated heterocycles. The predicted octanol–water partition coefficient (Wildman–Crippen LogP) is 5.33. The third-order valence-electron chi connectivity index (χ3n) is 6.34. The Labute approximate surface area is 313 Å². The molecule has 2 N–H and O–H groups in total. The molecule has 0 bridgehead atoms. The third-order valence-corrected chi connectivity index (χ3v) is 8.70. The molecule has 286 valence electrons. The monoisotopic (exact) mass is 852 g/mol. The second-order valence-corrected chi connectivity index (χ2v) is 13.6. The number of anilines is 1. The molecule has 3 amide bonds. The second kappa shape index (κ2) is 17.2. The Morgan fingerprint density at radius 2 is 1.64 bits per heavy atom. The number of aryl methyl sites for hydroxylation is 1. The van der Waals surface area contributed by atoms with Gasteiger partial charge in [-0.1, -0.05) is 11.6 Å². The zero-order valence-corrected chi connectivity index (χ0v) is 31.8. The summed E-state index contributed by atoms with van der Waals surface area (Å²) in [5.41, 5.74) is -2.05. The summed E-state index contributed by atoms with van der Waals surface area (Å²) in [5, 5.41) is 5.06. The van der Waals surface area contributed by atoms with Gasteiger partial charge in [-0.15, -0.1) is 0 Å². The lowest BCUT2D eigenvalue weighted by molar-refractivity contribution is -0.144. The fourth-order valence-electron chi connectivity index (χ4n) is 4.12. The Kier molecular flexibility index (Phi) is 13.7. The van der Waals surface area contributed by atoms with Crippen molar-refractivity contribution in [1.29, 1.82) is 0 Å². The lowest BCUT2D eigenvalue weighted by Gasteiger charge is -2.14. The number of rotatable bonds is 9. The number of methoxy groups -OCH3 is 2. The Hall–Kier alpha value is -5.09.